The lowest BCUT2D eigenvalue weighted by molar-refractivity contribution is 0.0696. The van der Waals surface area contributed by atoms with E-state index in [2.05, 4.69) is 10.6 Å². The van der Waals surface area contributed by atoms with Crippen LogP contribution in [0.15, 0.2) is 54.6 Å². The molecule has 3 aromatic rings. The number of ether oxygens (including phenoxy) is 1. The van der Waals surface area contributed by atoms with Crippen LogP contribution in [-0.4, -0.2) is 24.1 Å². The van der Waals surface area contributed by atoms with E-state index >= 15 is 0 Å². The number of nitrogens with one attached hydrogen (secondary N) is 2. The number of amides is 1. The molecule has 4 rings (SSSR count). The van der Waals surface area contributed by atoms with Gasteiger partial charge in [0.2, 0.25) is 5.91 Å². The summed E-state index contributed by atoms with van der Waals surface area (Å²) in [6.07, 6.45) is 0. The lowest BCUT2D eigenvalue weighted by Gasteiger charge is -2.34. The summed E-state index contributed by atoms with van der Waals surface area (Å²) in [6, 6.07) is 14.6. The lowest BCUT2D eigenvalue weighted by Crippen LogP contribution is -2.41. The van der Waals surface area contributed by atoms with E-state index in [9.17, 15) is 14.7 Å². The van der Waals surface area contributed by atoms with Crippen LogP contribution in [0.2, 0.25) is 10.0 Å². The zero-order valence-electron chi connectivity index (χ0n) is 16.2. The van der Waals surface area contributed by atoms with E-state index in [0.717, 1.165) is 0 Å². The molecule has 1 aliphatic heterocycles. The molecule has 1 atom stereocenters. The number of hydrogen-bond donors (Lipinski definition) is 4. The average molecular weight is 458 g/mol. The Morgan fingerprint density at radius 1 is 0.968 bits per heavy atom. The maximum Gasteiger partial charge on any atom is 0.335 e. The van der Waals surface area contributed by atoms with E-state index in [4.69, 9.17) is 33.7 Å². The summed E-state index contributed by atoms with van der Waals surface area (Å²) in [6.45, 7) is 0. The Morgan fingerprint density at radius 2 is 1.61 bits per heavy atom. The molecule has 1 heterocycles. The number of nitrogens with two attached hydrogens (primary N) is 1. The number of hydrogen-bond acceptors (Lipinski definition) is 5. The predicted octanol–water partition coefficient (Wildman–Crippen LogP) is 4.54. The summed E-state index contributed by atoms with van der Waals surface area (Å²) >= 11 is 13.2. The zero-order valence-corrected chi connectivity index (χ0v) is 17.7. The smallest absolute Gasteiger partial charge is 0.335 e. The van der Waals surface area contributed by atoms with Gasteiger partial charge < -0.3 is 26.2 Å². The molecule has 0 radical (unpaired) electrons. The van der Waals surface area contributed by atoms with E-state index in [1.807, 2.05) is 0 Å². The van der Waals surface area contributed by atoms with Crippen LogP contribution in [0.3, 0.4) is 0 Å². The van der Waals surface area contributed by atoms with Crippen molar-refractivity contribution in [2.24, 2.45) is 5.73 Å². The third kappa shape index (κ3) is 3.41. The Morgan fingerprint density at radius 3 is 2.23 bits per heavy atom. The molecule has 0 saturated carbocycles. The van der Waals surface area contributed by atoms with Crippen molar-refractivity contribution in [1.29, 1.82) is 0 Å². The minimum Gasteiger partial charge on any atom is -0.496 e. The highest BCUT2D eigenvalue weighted by molar-refractivity contribution is 6.36. The second-order valence-electron chi connectivity index (χ2n) is 6.94. The molecule has 9 heteroatoms. The third-order valence-corrected chi connectivity index (χ3v) is 5.77. The molecule has 3 aromatic carbocycles. The fourth-order valence-corrected chi connectivity index (χ4v) is 4.41. The molecule has 0 aliphatic carbocycles. The van der Waals surface area contributed by atoms with Gasteiger partial charge in [0.05, 0.1) is 24.0 Å². The quantitative estimate of drug-likeness (QED) is 0.447. The summed E-state index contributed by atoms with van der Waals surface area (Å²) < 4.78 is 5.57. The SMILES string of the molecule is COc1cc(C(N)=O)ccc1C1(c2c(Cl)cccc2Cl)Nc2ccc(C(=O)O)cc2N1. The first-order valence-corrected chi connectivity index (χ1v) is 9.89. The number of fused-ring (bicyclic) bond motifs is 1. The number of carboxylic acids is 1. The first kappa shape index (κ1) is 20.8. The highest BCUT2D eigenvalue weighted by Crippen LogP contribution is 2.50. The molecule has 1 aliphatic rings. The molecule has 1 unspecified atom stereocenters. The molecule has 0 spiro atoms. The molecule has 158 valence electrons. The van der Waals surface area contributed by atoms with Gasteiger partial charge in [-0.2, -0.15) is 0 Å². The number of carboxylic acid groups (broad SMARTS) is 1. The van der Waals surface area contributed by atoms with Crippen molar-refractivity contribution < 1.29 is 19.4 Å². The molecule has 31 heavy (non-hydrogen) atoms. The van der Waals surface area contributed by atoms with Gasteiger partial charge in [-0.25, -0.2) is 4.79 Å². The predicted molar refractivity (Wildman–Crippen MR) is 119 cm³/mol. The van der Waals surface area contributed by atoms with Gasteiger partial charge in [-0.05, 0) is 48.5 Å². The number of primary amides is 1. The molecule has 0 aromatic heterocycles. The van der Waals surface area contributed by atoms with Gasteiger partial charge in [-0.3, -0.25) is 4.79 Å². The number of benzene rings is 3. The number of halogens is 2. The molecule has 1 amide bonds. The summed E-state index contributed by atoms with van der Waals surface area (Å²) in [7, 11) is 1.47. The third-order valence-electron chi connectivity index (χ3n) is 5.14. The Kier molecular flexibility index (Phi) is 5.16. The topological polar surface area (TPSA) is 114 Å². The van der Waals surface area contributed by atoms with Crippen LogP contribution in [0.25, 0.3) is 0 Å². The maximum absolute atomic E-state index is 11.7. The molecule has 7 nitrogen and oxygen atoms in total. The molecule has 0 bridgehead atoms. The summed E-state index contributed by atoms with van der Waals surface area (Å²) in [4.78, 5) is 23.1. The average Bonchev–Trinajstić information content (AvgIpc) is 3.12. The number of rotatable bonds is 5. The van der Waals surface area contributed by atoms with Crippen molar-refractivity contribution in [3.63, 3.8) is 0 Å². The molecular weight excluding hydrogens is 441 g/mol. The van der Waals surface area contributed by atoms with Crippen LogP contribution in [0, 0.1) is 0 Å². The maximum atomic E-state index is 11.7. The van der Waals surface area contributed by atoms with Gasteiger partial charge in [-0.15, -0.1) is 0 Å². The second-order valence-corrected chi connectivity index (χ2v) is 7.76. The lowest BCUT2D eigenvalue weighted by atomic mass is 9.89. The molecule has 0 fully saturated rings. The van der Waals surface area contributed by atoms with E-state index in [-0.39, 0.29) is 11.1 Å². The van der Waals surface area contributed by atoms with Crippen molar-refractivity contribution in [3.8, 4) is 5.75 Å². The first-order valence-electron chi connectivity index (χ1n) is 9.13. The number of carbonyl (C=O) groups is 2. The minimum atomic E-state index is -1.21. The minimum absolute atomic E-state index is 0.116. The Hall–Kier alpha value is -3.42. The van der Waals surface area contributed by atoms with Crippen molar-refractivity contribution in [3.05, 3.63) is 86.9 Å². The van der Waals surface area contributed by atoms with Gasteiger partial charge >= 0.3 is 5.97 Å². The summed E-state index contributed by atoms with van der Waals surface area (Å²) in [5.41, 5.74) is 6.86. The number of carbonyl (C=O) groups excluding carboxylic acids is 1. The van der Waals surface area contributed by atoms with Gasteiger partial charge in [0, 0.05) is 26.7 Å². The zero-order chi connectivity index (χ0) is 22.3. The van der Waals surface area contributed by atoms with E-state index in [0.29, 0.717) is 38.3 Å². The number of methoxy groups -OCH3 is 1. The van der Waals surface area contributed by atoms with Gasteiger partial charge in [0.15, 0.2) is 5.66 Å². The largest absolute Gasteiger partial charge is 0.496 e. The van der Waals surface area contributed by atoms with Crippen LogP contribution in [0.1, 0.15) is 31.8 Å². The Labute approximate surface area is 187 Å². The fourth-order valence-electron chi connectivity index (χ4n) is 3.73. The second kappa shape index (κ2) is 7.68. The van der Waals surface area contributed by atoms with Crippen molar-refractivity contribution in [2.75, 3.05) is 17.7 Å². The Bertz CT molecular complexity index is 1210. The van der Waals surface area contributed by atoms with Crippen LogP contribution in [0.4, 0.5) is 11.4 Å². The van der Waals surface area contributed by atoms with Crippen LogP contribution >= 0.6 is 23.2 Å². The fraction of sp³-hybridized carbons (Fsp3) is 0.0909. The van der Waals surface area contributed by atoms with Crippen molar-refractivity contribution in [1.82, 2.24) is 0 Å². The van der Waals surface area contributed by atoms with E-state index in [1.54, 1.807) is 36.4 Å². The van der Waals surface area contributed by atoms with Crippen LogP contribution in [0.5, 0.6) is 5.75 Å². The number of anilines is 2. The molecular formula is C22H17Cl2N3O4. The van der Waals surface area contributed by atoms with Gasteiger partial charge in [0.25, 0.3) is 0 Å². The van der Waals surface area contributed by atoms with E-state index in [1.165, 1.54) is 25.3 Å². The normalized spacial score (nSPS) is 16.7. The van der Waals surface area contributed by atoms with E-state index < -0.39 is 17.5 Å². The first-order chi connectivity index (χ1) is 14.8. The monoisotopic (exact) mass is 457 g/mol. The van der Waals surface area contributed by atoms with Crippen molar-refractivity contribution in [2.45, 2.75) is 5.66 Å². The highest BCUT2D eigenvalue weighted by Gasteiger charge is 2.45. The van der Waals surface area contributed by atoms with Crippen LogP contribution in [-0.2, 0) is 5.66 Å². The summed E-state index contributed by atoms with van der Waals surface area (Å²) in [5.74, 6) is -1.30. The Balaban J connectivity index is 1.99. The highest BCUT2D eigenvalue weighted by atomic mass is 35.5. The van der Waals surface area contributed by atoms with Crippen molar-refractivity contribution >= 4 is 46.5 Å². The molecule has 0 saturated heterocycles. The van der Waals surface area contributed by atoms with Gasteiger partial charge in [-0.1, -0.05) is 29.3 Å². The number of aromatic carboxylic acids is 1. The molecule has 5 N–H and O–H groups in total. The van der Waals surface area contributed by atoms with Gasteiger partial charge in [0.1, 0.15) is 5.75 Å². The van der Waals surface area contributed by atoms with Crippen LogP contribution < -0.4 is 21.1 Å². The summed E-state index contributed by atoms with van der Waals surface area (Å²) in [5, 5.41) is 16.9. The standard InChI is InChI=1S/C22H17Cl2N3O4/c1-31-18-10-11(20(25)28)5-7-13(18)22(19-14(23)3-2-4-15(19)24)26-16-8-6-12(21(29)30)9-17(16)27-22/h2-10,26-27H,1H3,(H2,25,28)(H,29,30).